The number of pyridine rings is 2. The molecule has 2 aromatic rings. The Labute approximate surface area is 185 Å². The molecule has 2 unspecified atom stereocenters. The van der Waals surface area contributed by atoms with E-state index in [1.165, 1.54) is 0 Å². The summed E-state index contributed by atoms with van der Waals surface area (Å²) < 4.78 is 157. The smallest absolute Gasteiger partial charge is 0.380 e. The number of halogens is 12. The molecule has 35 heavy (non-hydrogen) atoms. The Hall–Kier alpha value is -3.13. The van der Waals surface area contributed by atoms with E-state index in [0.29, 0.717) is 0 Å². The highest BCUT2D eigenvalue weighted by molar-refractivity contribution is 5.51. The Balaban J connectivity index is 2.31. The summed E-state index contributed by atoms with van der Waals surface area (Å²) in [5.74, 6) is -2.48. The topological polar surface area (TPSA) is 90.0 Å². The summed E-state index contributed by atoms with van der Waals surface area (Å²) >= 11 is 0. The van der Waals surface area contributed by atoms with Crippen LogP contribution in [0.2, 0.25) is 0 Å². The fourth-order valence-corrected chi connectivity index (χ4v) is 3.49. The number of nitrogens with zero attached hydrogens (tertiary/aromatic N) is 3. The van der Waals surface area contributed by atoms with E-state index < -0.39 is 75.7 Å². The fourth-order valence-electron chi connectivity index (χ4n) is 3.49. The molecule has 0 spiro atoms. The van der Waals surface area contributed by atoms with Gasteiger partial charge < -0.3 is 10.2 Å². The molecule has 1 aliphatic rings. The third kappa shape index (κ3) is 4.24. The Morgan fingerprint density at radius 3 is 1.00 bits per heavy atom. The molecule has 3 rings (SSSR count). The van der Waals surface area contributed by atoms with Gasteiger partial charge in [-0.15, -0.1) is 0 Å². The zero-order chi connectivity index (χ0) is 27.0. The molecule has 1 saturated carbocycles. The van der Waals surface area contributed by atoms with Crippen molar-refractivity contribution in [2.75, 3.05) is 0 Å². The second-order valence-corrected chi connectivity index (χ2v) is 7.34. The fraction of sp³-hybridized carbons (Fsp3) is 0.389. The molecule has 1 aliphatic carbocycles. The molecule has 1 fully saturated rings. The molecule has 0 aromatic carbocycles. The van der Waals surface area contributed by atoms with Crippen LogP contribution < -0.4 is 0 Å². The van der Waals surface area contributed by atoms with Crippen LogP contribution in [0.15, 0.2) is 24.3 Å². The second-order valence-electron chi connectivity index (χ2n) is 7.34. The summed E-state index contributed by atoms with van der Waals surface area (Å²) in [6, 6.07) is 0.227. The summed E-state index contributed by atoms with van der Waals surface area (Å²) in [6.07, 6.45) is -22.3. The number of hydrogen-bond donors (Lipinski definition) is 2. The summed E-state index contributed by atoms with van der Waals surface area (Å²) in [7, 11) is 0. The van der Waals surface area contributed by atoms with Crippen molar-refractivity contribution in [3.63, 3.8) is 0 Å². The van der Waals surface area contributed by atoms with E-state index in [4.69, 9.17) is 0 Å². The Bertz CT molecular complexity index is 1060. The zero-order valence-corrected chi connectivity index (χ0v) is 16.2. The first kappa shape index (κ1) is 26.5. The van der Waals surface area contributed by atoms with Crippen LogP contribution in [0.3, 0.4) is 0 Å². The van der Waals surface area contributed by atoms with E-state index in [9.17, 15) is 68.2 Å². The van der Waals surface area contributed by atoms with Crippen LogP contribution in [0, 0.1) is 17.2 Å². The number of hydrogen-bond acceptors (Lipinski definition) is 5. The maximum Gasteiger partial charge on any atom is 0.433 e. The van der Waals surface area contributed by atoms with Gasteiger partial charge in [-0.2, -0.15) is 57.9 Å². The van der Waals surface area contributed by atoms with Gasteiger partial charge in [-0.25, -0.2) is 9.97 Å². The van der Waals surface area contributed by atoms with Crippen molar-refractivity contribution < 1.29 is 62.9 Å². The van der Waals surface area contributed by atoms with Gasteiger partial charge in [-0.05, 0) is 35.4 Å². The summed E-state index contributed by atoms with van der Waals surface area (Å²) in [5, 5.41) is 30.8. The molecule has 0 radical (unpaired) electrons. The lowest BCUT2D eigenvalue weighted by Crippen LogP contribution is -2.26. The van der Waals surface area contributed by atoms with E-state index in [1.807, 2.05) is 0 Å². The number of aliphatic hydroxyl groups is 2. The molecule has 0 amide bonds. The van der Waals surface area contributed by atoms with Crippen molar-refractivity contribution >= 4 is 0 Å². The molecule has 190 valence electrons. The highest BCUT2D eigenvalue weighted by Gasteiger charge is 2.79. The predicted octanol–water partition coefficient (Wildman–Crippen LogP) is 4.78. The van der Waals surface area contributed by atoms with E-state index in [2.05, 4.69) is 9.97 Å². The monoisotopic (exact) mass is 525 g/mol. The van der Waals surface area contributed by atoms with E-state index in [-0.39, 0.29) is 24.3 Å². The largest absolute Gasteiger partial charge is 0.433 e. The van der Waals surface area contributed by atoms with E-state index in [0.717, 1.165) is 6.07 Å². The number of aromatic nitrogens is 2. The molecule has 17 heteroatoms. The summed E-state index contributed by atoms with van der Waals surface area (Å²) in [6.45, 7) is 0. The average molecular weight is 525 g/mol. The quantitative estimate of drug-likeness (QED) is 0.552. The minimum Gasteiger partial charge on any atom is -0.380 e. The summed E-state index contributed by atoms with van der Waals surface area (Å²) in [4.78, 5) is 4.70. The molecule has 2 N–H and O–H groups in total. The SMILES string of the molecule is N#CC1C(O)(c2cc(C(F)(F)F)nc(C(F)(F)F)c2)[C@]1(O)c1cc(C(F)(F)F)nc(C(F)(F)F)c1. The lowest BCUT2D eigenvalue weighted by atomic mass is 9.96. The molecule has 0 bridgehead atoms. The van der Waals surface area contributed by atoms with Gasteiger partial charge in [-0.1, -0.05) is 0 Å². The van der Waals surface area contributed by atoms with Crippen molar-refractivity contribution in [3.05, 3.63) is 58.2 Å². The molecular formula is C18H7F12N3O2. The average Bonchev–Trinajstić information content (AvgIpc) is 3.21. The molecule has 0 saturated heterocycles. The van der Waals surface area contributed by atoms with Crippen LogP contribution in [0.25, 0.3) is 0 Å². The molecular weight excluding hydrogens is 518 g/mol. The standard InChI is InChI=1S/C18H7F12N3O2/c19-15(20,21)9-1-6(2-10(32-9)16(22,23)24)13(34)8(5-31)14(13,35)7-3-11(17(25,26)27)33-12(4-7)18(28,29)30/h1-4,8,34-35H/t8?,13-,14?/m0/s1. The Morgan fingerprint density at radius 2 is 0.829 bits per heavy atom. The first-order valence-corrected chi connectivity index (χ1v) is 8.76. The number of nitriles is 1. The van der Waals surface area contributed by atoms with Gasteiger partial charge in [0.15, 0.2) is 0 Å². The molecule has 2 aromatic heterocycles. The van der Waals surface area contributed by atoms with Gasteiger partial charge in [0.2, 0.25) is 0 Å². The van der Waals surface area contributed by atoms with E-state index in [1.54, 1.807) is 0 Å². The van der Waals surface area contributed by atoms with Gasteiger partial charge >= 0.3 is 24.7 Å². The summed E-state index contributed by atoms with van der Waals surface area (Å²) in [5.41, 5.74) is -19.0. The van der Waals surface area contributed by atoms with Crippen LogP contribution in [0.1, 0.15) is 33.9 Å². The number of rotatable bonds is 2. The van der Waals surface area contributed by atoms with Gasteiger partial charge in [0, 0.05) is 0 Å². The van der Waals surface area contributed by atoms with Crippen LogP contribution in [-0.2, 0) is 35.9 Å². The Morgan fingerprint density at radius 1 is 0.600 bits per heavy atom. The van der Waals surface area contributed by atoms with Crippen molar-refractivity contribution in [3.8, 4) is 6.07 Å². The minimum absolute atomic E-state index is 0.214. The molecule has 2 heterocycles. The van der Waals surface area contributed by atoms with Gasteiger partial charge in [0.05, 0.1) is 6.07 Å². The van der Waals surface area contributed by atoms with Crippen LogP contribution in [0.5, 0.6) is 0 Å². The van der Waals surface area contributed by atoms with Crippen molar-refractivity contribution in [1.29, 1.82) is 5.26 Å². The third-order valence-electron chi connectivity index (χ3n) is 5.16. The van der Waals surface area contributed by atoms with Gasteiger partial charge in [0.25, 0.3) is 0 Å². The third-order valence-corrected chi connectivity index (χ3v) is 5.16. The Kier molecular flexibility index (Phi) is 5.62. The molecule has 5 nitrogen and oxygen atoms in total. The van der Waals surface area contributed by atoms with Crippen LogP contribution >= 0.6 is 0 Å². The lowest BCUT2D eigenvalue weighted by Gasteiger charge is -2.21. The first-order valence-electron chi connectivity index (χ1n) is 8.76. The predicted molar refractivity (Wildman–Crippen MR) is 85.4 cm³/mol. The van der Waals surface area contributed by atoms with Crippen LogP contribution in [-0.4, -0.2) is 20.2 Å². The minimum atomic E-state index is -5.56. The van der Waals surface area contributed by atoms with Crippen molar-refractivity contribution in [1.82, 2.24) is 9.97 Å². The zero-order valence-electron chi connectivity index (χ0n) is 16.2. The highest BCUT2D eigenvalue weighted by Crippen LogP contribution is 2.67. The van der Waals surface area contributed by atoms with Crippen molar-refractivity contribution in [2.24, 2.45) is 5.92 Å². The highest BCUT2D eigenvalue weighted by atomic mass is 19.4. The van der Waals surface area contributed by atoms with E-state index >= 15 is 0 Å². The maximum absolute atomic E-state index is 13.1. The normalized spacial score (nSPS) is 25.3. The van der Waals surface area contributed by atoms with Crippen molar-refractivity contribution in [2.45, 2.75) is 35.9 Å². The first-order chi connectivity index (χ1) is 15.6. The molecule has 3 atom stereocenters. The van der Waals surface area contributed by atoms with Gasteiger partial charge in [-0.3, -0.25) is 0 Å². The van der Waals surface area contributed by atoms with Gasteiger partial charge in [0.1, 0.15) is 39.9 Å². The number of alkyl halides is 12. The lowest BCUT2D eigenvalue weighted by molar-refractivity contribution is -0.152. The molecule has 0 aliphatic heterocycles. The maximum atomic E-state index is 13.1. The van der Waals surface area contributed by atoms with Crippen LogP contribution in [0.4, 0.5) is 52.7 Å². The second kappa shape index (κ2) is 7.43.